The maximum absolute atomic E-state index is 6.27. The van der Waals surface area contributed by atoms with Crippen LogP contribution in [0.5, 0.6) is 0 Å². The van der Waals surface area contributed by atoms with Crippen LogP contribution in [0.25, 0.3) is 111 Å². The van der Waals surface area contributed by atoms with E-state index in [1.165, 1.54) is 44.3 Å². The number of hydrogen-bond donors (Lipinski definition) is 0. The fourth-order valence-electron chi connectivity index (χ4n) is 11.1. The van der Waals surface area contributed by atoms with Gasteiger partial charge in [0.15, 0.2) is 5.82 Å². The molecule has 2 aliphatic rings. The smallest absolute Gasteiger partial charge is 0.160 e. The highest BCUT2D eigenvalue weighted by molar-refractivity contribution is 6.12. The molecule has 0 saturated heterocycles. The van der Waals surface area contributed by atoms with Crippen molar-refractivity contribution in [3.63, 3.8) is 0 Å². The van der Waals surface area contributed by atoms with Gasteiger partial charge in [-0.05, 0) is 62.5 Å². The van der Waals surface area contributed by atoms with Gasteiger partial charge in [-0.1, -0.05) is 206 Å². The molecule has 3 heterocycles. The summed E-state index contributed by atoms with van der Waals surface area (Å²) in [6, 6.07) is 80.0. The van der Waals surface area contributed by atoms with Crippen LogP contribution in [0.2, 0.25) is 0 Å². The van der Waals surface area contributed by atoms with E-state index < -0.39 is 5.41 Å². The van der Waals surface area contributed by atoms with Gasteiger partial charge in [-0.15, -0.1) is 0 Å². The SMILES string of the molecule is c1ccc(-c2cc(-c3cccc4oc5ccccc5c34)nc(-c3ccc(-c4ccc(-c5nc6c(c7ccccc57)C5(c7ccccc7-c7ccccc75)c5ccccc5-6)cc4)cc3)n2)cc1. The van der Waals surface area contributed by atoms with Gasteiger partial charge in [0, 0.05) is 49.5 Å². The van der Waals surface area contributed by atoms with Crippen LogP contribution in [0.3, 0.4) is 0 Å². The van der Waals surface area contributed by atoms with E-state index in [1.54, 1.807) is 0 Å². The first kappa shape index (κ1) is 36.7. The Morgan fingerprint density at radius 2 is 0.833 bits per heavy atom. The molecule has 66 heavy (non-hydrogen) atoms. The molecule has 0 aliphatic heterocycles. The molecule has 2 aliphatic carbocycles. The summed E-state index contributed by atoms with van der Waals surface area (Å²) < 4.78 is 6.27. The van der Waals surface area contributed by atoms with E-state index in [-0.39, 0.29) is 0 Å². The Morgan fingerprint density at radius 3 is 1.55 bits per heavy atom. The van der Waals surface area contributed by atoms with Gasteiger partial charge >= 0.3 is 0 Å². The summed E-state index contributed by atoms with van der Waals surface area (Å²) in [7, 11) is 0. The van der Waals surface area contributed by atoms with Crippen LogP contribution in [-0.4, -0.2) is 15.0 Å². The molecule has 0 atom stereocenters. The van der Waals surface area contributed by atoms with Crippen molar-refractivity contribution >= 4 is 32.7 Å². The fraction of sp³-hybridized carbons (Fsp3) is 0.0161. The molecule has 1 spiro atoms. The van der Waals surface area contributed by atoms with Crippen molar-refractivity contribution in [2.24, 2.45) is 0 Å². The van der Waals surface area contributed by atoms with Crippen molar-refractivity contribution in [1.29, 1.82) is 0 Å². The molecule has 0 saturated carbocycles. The van der Waals surface area contributed by atoms with Crippen molar-refractivity contribution in [3.8, 4) is 78.7 Å². The zero-order valence-corrected chi connectivity index (χ0v) is 35.6. The van der Waals surface area contributed by atoms with Crippen molar-refractivity contribution < 1.29 is 4.42 Å². The van der Waals surface area contributed by atoms with Gasteiger partial charge in [-0.25, -0.2) is 15.0 Å². The lowest BCUT2D eigenvalue weighted by atomic mass is 9.69. The lowest BCUT2D eigenvalue weighted by Crippen LogP contribution is -2.26. The van der Waals surface area contributed by atoms with E-state index in [0.717, 1.165) is 83.5 Å². The number of para-hydroxylation sites is 1. The van der Waals surface area contributed by atoms with Gasteiger partial charge in [0.1, 0.15) is 11.2 Å². The highest BCUT2D eigenvalue weighted by Crippen LogP contribution is 2.64. The van der Waals surface area contributed by atoms with E-state index in [0.29, 0.717) is 5.82 Å². The molecule has 0 radical (unpaired) electrons. The zero-order chi connectivity index (χ0) is 43.3. The minimum Gasteiger partial charge on any atom is -0.456 e. The summed E-state index contributed by atoms with van der Waals surface area (Å²) in [6.07, 6.45) is 0. The first-order valence-corrected chi connectivity index (χ1v) is 22.5. The normalized spacial score (nSPS) is 13.0. The van der Waals surface area contributed by atoms with Crippen LogP contribution in [-0.2, 0) is 5.41 Å². The number of fused-ring (bicyclic) bond motifs is 15. The third-order valence-electron chi connectivity index (χ3n) is 13.9. The van der Waals surface area contributed by atoms with E-state index >= 15 is 0 Å². The molecule has 0 fully saturated rings. The monoisotopic (exact) mass is 839 g/mol. The lowest BCUT2D eigenvalue weighted by Gasteiger charge is -2.31. The zero-order valence-electron chi connectivity index (χ0n) is 35.6. The Bertz CT molecular complexity index is 3880. The maximum Gasteiger partial charge on any atom is 0.160 e. The minimum atomic E-state index is -0.460. The number of aromatic nitrogens is 3. The average Bonchev–Trinajstić information content (AvgIpc) is 4.03. The molecular weight excluding hydrogens is 803 g/mol. The Labute approximate surface area is 381 Å². The number of hydrogen-bond acceptors (Lipinski definition) is 4. The van der Waals surface area contributed by atoms with Crippen molar-refractivity contribution in [2.75, 3.05) is 0 Å². The van der Waals surface area contributed by atoms with E-state index in [1.807, 2.05) is 42.5 Å². The van der Waals surface area contributed by atoms with E-state index in [9.17, 15) is 0 Å². The molecule has 4 heteroatoms. The maximum atomic E-state index is 6.27. The standard InChI is InChI=1S/C62H37N3O/c1-2-15-40(16-3-1)53-37-54(48-23-14-28-56-57(48)49-22-9-13-27-55(49)66-56)64-61(63-53)42-35-31-39(32-36-42)38-29-33-41(34-30-38)59-46-20-5-4-19-45(46)58-60(65-59)47-21-8-12-26-52(47)62(58)50-24-10-6-17-43(50)44-18-7-11-25-51(44)62/h1-37H. The minimum absolute atomic E-state index is 0.460. The van der Waals surface area contributed by atoms with Gasteiger partial charge in [-0.3, -0.25) is 0 Å². The predicted molar refractivity (Wildman–Crippen MR) is 268 cm³/mol. The number of rotatable bonds is 5. The first-order chi connectivity index (χ1) is 32.7. The summed E-state index contributed by atoms with van der Waals surface area (Å²) >= 11 is 0. The highest BCUT2D eigenvalue weighted by Gasteiger charge is 2.53. The van der Waals surface area contributed by atoms with Crippen LogP contribution in [0, 0.1) is 0 Å². The predicted octanol–water partition coefficient (Wildman–Crippen LogP) is 15.6. The summed E-state index contributed by atoms with van der Waals surface area (Å²) in [5, 5.41) is 4.51. The summed E-state index contributed by atoms with van der Waals surface area (Å²) in [4.78, 5) is 16.1. The molecular formula is C62H37N3O. The van der Waals surface area contributed by atoms with Crippen LogP contribution in [0.15, 0.2) is 229 Å². The van der Waals surface area contributed by atoms with Gasteiger partial charge in [0.25, 0.3) is 0 Å². The quantitative estimate of drug-likeness (QED) is 0.173. The average molecular weight is 840 g/mol. The van der Waals surface area contributed by atoms with Crippen LogP contribution in [0.1, 0.15) is 22.3 Å². The molecule has 0 unspecified atom stereocenters. The molecule has 9 aromatic carbocycles. The lowest BCUT2D eigenvalue weighted by molar-refractivity contribution is 0.669. The molecule has 14 rings (SSSR count). The Kier molecular flexibility index (Phi) is 7.87. The second-order valence-corrected chi connectivity index (χ2v) is 17.4. The van der Waals surface area contributed by atoms with Gasteiger partial charge < -0.3 is 4.42 Å². The Balaban J connectivity index is 0.857. The third kappa shape index (κ3) is 5.24. The van der Waals surface area contributed by atoms with Gasteiger partial charge in [0.2, 0.25) is 0 Å². The number of benzene rings is 9. The number of nitrogens with zero attached hydrogens (tertiary/aromatic N) is 3. The number of furan rings is 1. The molecule has 0 amide bonds. The van der Waals surface area contributed by atoms with Crippen LogP contribution >= 0.6 is 0 Å². The van der Waals surface area contributed by atoms with E-state index in [4.69, 9.17) is 19.4 Å². The van der Waals surface area contributed by atoms with Crippen molar-refractivity contribution in [1.82, 2.24) is 15.0 Å². The number of pyridine rings is 1. The topological polar surface area (TPSA) is 51.8 Å². The molecule has 0 N–H and O–H groups in total. The second kappa shape index (κ2) is 14.1. The molecule has 12 aromatic rings. The summed E-state index contributed by atoms with van der Waals surface area (Å²) in [6.45, 7) is 0. The van der Waals surface area contributed by atoms with E-state index in [2.05, 4.69) is 182 Å². The summed E-state index contributed by atoms with van der Waals surface area (Å²) in [5.74, 6) is 0.667. The molecule has 0 bridgehead atoms. The van der Waals surface area contributed by atoms with Crippen molar-refractivity contribution in [3.05, 3.63) is 247 Å². The molecule has 4 nitrogen and oxygen atoms in total. The molecule has 306 valence electrons. The second-order valence-electron chi connectivity index (χ2n) is 17.4. The van der Waals surface area contributed by atoms with Crippen LogP contribution in [0.4, 0.5) is 0 Å². The highest BCUT2D eigenvalue weighted by atomic mass is 16.3. The Hall–Kier alpha value is -8.73. The summed E-state index contributed by atoms with van der Waals surface area (Å²) in [5.41, 5.74) is 20.3. The van der Waals surface area contributed by atoms with Gasteiger partial charge in [-0.2, -0.15) is 0 Å². The fourth-order valence-corrected chi connectivity index (χ4v) is 11.1. The largest absolute Gasteiger partial charge is 0.456 e. The molecule has 3 aromatic heterocycles. The Morgan fingerprint density at radius 1 is 0.318 bits per heavy atom. The van der Waals surface area contributed by atoms with Crippen LogP contribution < -0.4 is 0 Å². The first-order valence-electron chi connectivity index (χ1n) is 22.5. The third-order valence-corrected chi connectivity index (χ3v) is 13.9. The van der Waals surface area contributed by atoms with Crippen molar-refractivity contribution in [2.45, 2.75) is 5.41 Å². The van der Waals surface area contributed by atoms with Gasteiger partial charge in [0.05, 0.1) is 28.2 Å².